The Morgan fingerprint density at radius 3 is 0.818 bits per heavy atom. The normalized spacial score (nSPS) is 10.8. The Labute approximate surface area is 217 Å². The molecule has 0 saturated heterocycles. The Balaban J connectivity index is 0.000000709. The van der Waals surface area contributed by atoms with Crippen molar-refractivity contribution in [2.75, 3.05) is 0 Å². The summed E-state index contributed by atoms with van der Waals surface area (Å²) in [4.78, 5) is 8.89. The summed E-state index contributed by atoms with van der Waals surface area (Å²) in [6.07, 6.45) is 0. The number of carboxylic acid groups (broad SMARTS) is 1. The molecule has 0 saturated carbocycles. The molecule has 0 radical (unpaired) electrons. The molecule has 0 N–H and O–H groups in total. The van der Waals surface area contributed by atoms with E-state index in [-0.39, 0.29) is 0 Å². The number of carbonyl (C=O) groups excluding carboxylic acids is 1. The third-order valence-corrected chi connectivity index (χ3v) is 18.1. The summed E-state index contributed by atoms with van der Waals surface area (Å²) in [6.45, 7) is 0.972. The van der Waals surface area contributed by atoms with Crippen LogP contribution in [0.3, 0.4) is 0 Å². The molecule has 168 valence electrons. The third-order valence-electron chi connectivity index (χ3n) is 4.86. The van der Waals surface area contributed by atoms with E-state index in [1.165, 1.54) is 14.0 Å². The van der Waals surface area contributed by atoms with E-state index in [1.807, 2.05) is 48.5 Å². The van der Waals surface area contributed by atoms with Crippen LogP contribution in [-0.4, -0.2) is 24.8 Å². The standard InChI is InChI=1S/4C6H4Cl.C2H4O2.Sb/c4*7-6-4-2-1-3-5-6;1-2(3)4;/h4*2-5H;1H3,(H,3,4);/q;;;;;+1/p-1. The first-order valence-electron chi connectivity index (χ1n) is 9.84. The van der Waals surface area contributed by atoms with Crippen molar-refractivity contribution in [2.45, 2.75) is 6.92 Å². The summed E-state index contributed by atoms with van der Waals surface area (Å²) in [6, 6.07) is 32.8. The maximum absolute atomic E-state index is 8.89. The Morgan fingerprint density at radius 2 is 0.667 bits per heavy atom. The zero-order chi connectivity index (χ0) is 24.0. The fourth-order valence-corrected chi connectivity index (χ4v) is 16.0. The molecule has 0 amide bonds. The van der Waals surface area contributed by atoms with Gasteiger partial charge in [-0.05, 0) is 6.92 Å². The van der Waals surface area contributed by atoms with E-state index in [4.69, 9.17) is 56.3 Å². The average Bonchev–Trinajstić information content (AvgIpc) is 2.78. The number of hydrogen-bond acceptors (Lipinski definition) is 2. The molecule has 4 rings (SSSR count). The number of carboxylic acids is 1. The van der Waals surface area contributed by atoms with Crippen molar-refractivity contribution in [3.05, 3.63) is 117 Å². The van der Waals surface area contributed by atoms with Gasteiger partial charge in [0.05, 0.1) is 0 Å². The van der Waals surface area contributed by atoms with Crippen LogP contribution in [0.2, 0.25) is 20.1 Å². The second-order valence-electron chi connectivity index (χ2n) is 7.07. The molecule has 4 aromatic rings. The van der Waals surface area contributed by atoms with Crippen molar-refractivity contribution >= 4 is 85.2 Å². The van der Waals surface area contributed by atoms with Gasteiger partial charge in [-0.3, -0.25) is 0 Å². The van der Waals surface area contributed by atoms with E-state index in [9.17, 15) is 0 Å². The quantitative estimate of drug-likeness (QED) is 0.315. The SMILES string of the molecule is CC(=O)[O-].Clc1cc[c]([Sb+]([c]2ccc(Cl)cc2)([c]2ccc(Cl)cc2)[c]2ccc(Cl)cc2)cc1. The van der Waals surface area contributed by atoms with Crippen LogP contribution in [0.25, 0.3) is 0 Å². The molecule has 0 heterocycles. The van der Waals surface area contributed by atoms with Gasteiger partial charge in [0, 0.05) is 5.97 Å². The number of carbonyl (C=O) groups is 1. The van der Waals surface area contributed by atoms with Gasteiger partial charge in [0.2, 0.25) is 0 Å². The Morgan fingerprint density at radius 1 is 0.515 bits per heavy atom. The Kier molecular flexibility index (Phi) is 9.16. The molecular weight excluding hydrogens is 608 g/mol. The van der Waals surface area contributed by atoms with Crippen LogP contribution >= 0.6 is 46.4 Å². The molecule has 7 heteroatoms. The number of rotatable bonds is 4. The average molecular weight is 627 g/mol. The molecule has 4 aromatic carbocycles. The van der Waals surface area contributed by atoms with Crippen LogP contribution in [0.1, 0.15) is 6.92 Å². The van der Waals surface area contributed by atoms with Gasteiger partial charge in [-0.25, -0.2) is 0 Å². The minimum atomic E-state index is -3.52. The molecule has 0 aliphatic carbocycles. The van der Waals surface area contributed by atoms with Crippen LogP contribution in [0.4, 0.5) is 0 Å². The second kappa shape index (κ2) is 11.6. The van der Waals surface area contributed by atoms with Crippen molar-refractivity contribution in [3.8, 4) is 0 Å². The van der Waals surface area contributed by atoms with Crippen LogP contribution in [0, 0.1) is 0 Å². The summed E-state index contributed by atoms with van der Waals surface area (Å²) >= 11 is 21.4. The first kappa shape index (κ1) is 25.9. The van der Waals surface area contributed by atoms with Crippen LogP contribution in [0.15, 0.2) is 97.1 Å². The number of benzene rings is 4. The first-order valence-corrected chi connectivity index (χ1v) is 16.5. The number of hydrogen-bond donors (Lipinski definition) is 0. The van der Waals surface area contributed by atoms with E-state index in [0.717, 1.165) is 27.0 Å². The van der Waals surface area contributed by atoms with E-state index in [1.54, 1.807) is 0 Å². The van der Waals surface area contributed by atoms with Crippen LogP contribution in [-0.2, 0) is 4.79 Å². The predicted molar refractivity (Wildman–Crippen MR) is 141 cm³/mol. The minimum absolute atomic E-state index is 0.718. The van der Waals surface area contributed by atoms with Gasteiger partial charge in [0.25, 0.3) is 0 Å². The van der Waals surface area contributed by atoms with E-state index in [0.29, 0.717) is 0 Å². The Bertz CT molecular complexity index is 1020. The summed E-state index contributed by atoms with van der Waals surface area (Å²) in [5.41, 5.74) is 0. The molecular formula is C26H19Cl4O2Sb. The van der Waals surface area contributed by atoms with Gasteiger partial charge in [-0.1, -0.05) is 0 Å². The zero-order valence-electron chi connectivity index (χ0n) is 17.5. The molecule has 0 atom stereocenters. The molecule has 0 aliphatic rings. The van der Waals surface area contributed by atoms with E-state index in [2.05, 4.69) is 48.5 Å². The van der Waals surface area contributed by atoms with Crippen LogP contribution in [0.5, 0.6) is 0 Å². The van der Waals surface area contributed by atoms with Gasteiger partial charge < -0.3 is 9.90 Å². The van der Waals surface area contributed by atoms with Crippen molar-refractivity contribution in [3.63, 3.8) is 0 Å². The molecule has 0 fully saturated rings. The van der Waals surface area contributed by atoms with Crippen molar-refractivity contribution < 1.29 is 9.90 Å². The summed E-state index contributed by atoms with van der Waals surface area (Å²) in [5.74, 6) is -1.08. The zero-order valence-corrected chi connectivity index (χ0v) is 23.1. The summed E-state index contributed by atoms with van der Waals surface area (Å²) in [5, 5.41) is 11.8. The van der Waals surface area contributed by atoms with Gasteiger partial charge in [0.1, 0.15) is 0 Å². The first-order chi connectivity index (χ1) is 15.7. The fourth-order valence-electron chi connectivity index (χ4n) is 3.55. The number of aliphatic carboxylic acids is 1. The van der Waals surface area contributed by atoms with E-state index >= 15 is 0 Å². The van der Waals surface area contributed by atoms with Crippen molar-refractivity contribution in [2.24, 2.45) is 0 Å². The predicted octanol–water partition coefficient (Wildman–Crippen LogP) is 4.43. The van der Waals surface area contributed by atoms with Crippen molar-refractivity contribution in [1.29, 1.82) is 0 Å². The van der Waals surface area contributed by atoms with Gasteiger partial charge in [0.15, 0.2) is 0 Å². The molecule has 33 heavy (non-hydrogen) atoms. The molecule has 2 nitrogen and oxygen atoms in total. The molecule has 0 spiro atoms. The Hall–Kier alpha value is -1.67. The monoisotopic (exact) mass is 624 g/mol. The number of halogens is 4. The van der Waals surface area contributed by atoms with E-state index < -0.39 is 24.8 Å². The second-order valence-corrected chi connectivity index (χ2v) is 18.5. The van der Waals surface area contributed by atoms with Gasteiger partial charge in [-0.2, -0.15) is 0 Å². The maximum atomic E-state index is 8.89. The van der Waals surface area contributed by atoms with Crippen molar-refractivity contribution in [1.82, 2.24) is 0 Å². The van der Waals surface area contributed by atoms with Crippen LogP contribution < -0.4 is 19.1 Å². The molecule has 0 aromatic heterocycles. The molecule has 0 bridgehead atoms. The van der Waals surface area contributed by atoms with Gasteiger partial charge in [-0.15, -0.1) is 0 Å². The summed E-state index contributed by atoms with van der Waals surface area (Å²) < 4.78 is 5.11. The molecule has 0 unspecified atom stereocenters. The summed E-state index contributed by atoms with van der Waals surface area (Å²) in [7, 11) is 0. The topological polar surface area (TPSA) is 40.1 Å². The third kappa shape index (κ3) is 6.26. The molecule has 0 aliphatic heterocycles. The van der Waals surface area contributed by atoms with Gasteiger partial charge >= 0.3 is 196 Å². The fraction of sp³-hybridized carbons (Fsp3) is 0.0385.